The van der Waals surface area contributed by atoms with Gasteiger partial charge in [-0.15, -0.1) is 0 Å². The lowest BCUT2D eigenvalue weighted by Gasteiger charge is -2.20. The summed E-state index contributed by atoms with van der Waals surface area (Å²) in [6, 6.07) is 3.02. The van der Waals surface area contributed by atoms with Crippen molar-refractivity contribution in [2.24, 2.45) is 0 Å². The lowest BCUT2D eigenvalue weighted by molar-refractivity contribution is -0.0961. The van der Waals surface area contributed by atoms with Crippen molar-refractivity contribution in [3.8, 4) is 5.75 Å². The van der Waals surface area contributed by atoms with Crippen LogP contribution in [-0.2, 0) is 0 Å². The molecule has 0 saturated heterocycles. The number of aliphatic hydroxyl groups is 1. The van der Waals surface area contributed by atoms with Crippen LogP contribution in [0.25, 0.3) is 0 Å². The fraction of sp³-hybridized carbons (Fsp3) is 0.400. The van der Waals surface area contributed by atoms with Gasteiger partial charge in [0, 0.05) is 18.6 Å². The van der Waals surface area contributed by atoms with Gasteiger partial charge in [0.15, 0.2) is 0 Å². The fourth-order valence-corrected chi connectivity index (χ4v) is 1.18. The molecule has 0 spiro atoms. The lowest BCUT2D eigenvalue weighted by Crippen LogP contribution is -2.22. The number of aliphatic hydroxyl groups excluding tert-OH is 1. The molecule has 0 aliphatic rings. The number of methoxy groups -OCH3 is 1. The van der Waals surface area contributed by atoms with E-state index >= 15 is 0 Å². The summed E-state index contributed by atoms with van der Waals surface area (Å²) in [7, 11) is 1.22. The molecule has 1 aromatic rings. The maximum atomic E-state index is 12.8. The van der Waals surface area contributed by atoms with Gasteiger partial charge in [-0.25, -0.2) is 13.2 Å². The van der Waals surface area contributed by atoms with Gasteiger partial charge in [0.2, 0.25) is 0 Å². The van der Waals surface area contributed by atoms with Crippen LogP contribution in [0.1, 0.15) is 18.6 Å². The fourth-order valence-electron chi connectivity index (χ4n) is 1.18. The van der Waals surface area contributed by atoms with Crippen LogP contribution in [-0.4, -0.2) is 18.1 Å². The highest BCUT2D eigenvalue weighted by molar-refractivity contribution is 5.36. The first-order valence-electron chi connectivity index (χ1n) is 4.25. The summed E-state index contributed by atoms with van der Waals surface area (Å²) in [6.45, 7) is 0.584. The minimum Gasteiger partial charge on any atom is -0.496 e. The normalized spacial score (nSPS) is 13.7. The number of ether oxygens (including phenoxy) is 1. The molecule has 84 valence electrons. The molecular formula is C10H11F3O2. The SMILES string of the molecule is COc1cc(F)ccc1C(O)C(C)(F)F. The predicted molar refractivity (Wildman–Crippen MR) is 48.5 cm³/mol. The number of hydrogen-bond donors (Lipinski definition) is 1. The average Bonchev–Trinajstić information content (AvgIpc) is 2.15. The Morgan fingerprint density at radius 1 is 1.40 bits per heavy atom. The van der Waals surface area contributed by atoms with Crippen molar-refractivity contribution in [1.29, 1.82) is 0 Å². The van der Waals surface area contributed by atoms with Gasteiger partial charge >= 0.3 is 0 Å². The monoisotopic (exact) mass is 220 g/mol. The third kappa shape index (κ3) is 2.62. The van der Waals surface area contributed by atoms with Crippen LogP contribution in [0.3, 0.4) is 0 Å². The molecule has 0 aliphatic heterocycles. The van der Waals surface area contributed by atoms with E-state index in [0.29, 0.717) is 6.92 Å². The van der Waals surface area contributed by atoms with Crippen molar-refractivity contribution >= 4 is 0 Å². The van der Waals surface area contributed by atoms with Crippen LogP contribution in [0, 0.1) is 5.82 Å². The second-order valence-electron chi connectivity index (χ2n) is 3.25. The standard InChI is InChI=1S/C10H11F3O2/c1-10(12,13)9(14)7-4-3-6(11)5-8(7)15-2/h3-5,9,14H,1-2H3. The highest BCUT2D eigenvalue weighted by Gasteiger charge is 2.35. The Morgan fingerprint density at radius 2 is 2.00 bits per heavy atom. The van der Waals surface area contributed by atoms with Gasteiger partial charge in [0.1, 0.15) is 17.7 Å². The van der Waals surface area contributed by atoms with E-state index in [9.17, 15) is 18.3 Å². The largest absolute Gasteiger partial charge is 0.496 e. The molecular weight excluding hydrogens is 209 g/mol. The smallest absolute Gasteiger partial charge is 0.274 e. The van der Waals surface area contributed by atoms with Crippen LogP contribution in [0.15, 0.2) is 18.2 Å². The zero-order valence-electron chi connectivity index (χ0n) is 8.30. The Bertz CT molecular complexity index is 347. The molecule has 0 heterocycles. The van der Waals surface area contributed by atoms with Crippen LogP contribution in [0.5, 0.6) is 5.75 Å². The zero-order chi connectivity index (χ0) is 11.6. The van der Waals surface area contributed by atoms with Crippen molar-refractivity contribution in [3.63, 3.8) is 0 Å². The van der Waals surface area contributed by atoms with Gasteiger partial charge in [0.25, 0.3) is 5.92 Å². The average molecular weight is 220 g/mol. The van der Waals surface area contributed by atoms with E-state index in [2.05, 4.69) is 0 Å². The van der Waals surface area contributed by atoms with E-state index in [1.807, 2.05) is 0 Å². The number of hydrogen-bond acceptors (Lipinski definition) is 2. The van der Waals surface area contributed by atoms with Crippen molar-refractivity contribution < 1.29 is 23.0 Å². The first kappa shape index (κ1) is 11.8. The van der Waals surface area contributed by atoms with E-state index in [4.69, 9.17) is 4.74 Å². The van der Waals surface area contributed by atoms with E-state index in [-0.39, 0.29) is 11.3 Å². The molecule has 0 amide bonds. The minimum atomic E-state index is -3.30. The van der Waals surface area contributed by atoms with Gasteiger partial charge in [-0.1, -0.05) is 0 Å². The maximum Gasteiger partial charge on any atom is 0.274 e. The number of alkyl halides is 2. The van der Waals surface area contributed by atoms with E-state index in [1.165, 1.54) is 7.11 Å². The molecule has 1 atom stereocenters. The van der Waals surface area contributed by atoms with Gasteiger partial charge in [-0.2, -0.15) is 0 Å². The number of rotatable bonds is 3. The minimum absolute atomic E-state index is 0.0935. The topological polar surface area (TPSA) is 29.5 Å². The van der Waals surface area contributed by atoms with Crippen LogP contribution < -0.4 is 4.74 Å². The second kappa shape index (κ2) is 4.10. The molecule has 0 saturated carbocycles. The molecule has 0 aliphatic carbocycles. The third-order valence-corrected chi connectivity index (χ3v) is 1.97. The summed E-state index contributed by atoms with van der Waals surface area (Å²) in [4.78, 5) is 0. The van der Waals surface area contributed by atoms with Gasteiger partial charge in [-0.05, 0) is 12.1 Å². The molecule has 1 aromatic carbocycles. The summed E-state index contributed by atoms with van der Waals surface area (Å²) in [5.41, 5.74) is -0.133. The van der Waals surface area contributed by atoms with Crippen LogP contribution >= 0.6 is 0 Å². The first-order valence-corrected chi connectivity index (χ1v) is 4.25. The Labute approximate surface area is 85.3 Å². The van der Waals surface area contributed by atoms with Crippen molar-refractivity contribution in [1.82, 2.24) is 0 Å². The van der Waals surface area contributed by atoms with E-state index in [0.717, 1.165) is 18.2 Å². The van der Waals surface area contributed by atoms with Crippen LogP contribution in [0.2, 0.25) is 0 Å². The van der Waals surface area contributed by atoms with Crippen molar-refractivity contribution in [2.75, 3.05) is 7.11 Å². The summed E-state index contributed by atoms with van der Waals surface area (Å²) in [5, 5.41) is 9.31. The number of halogens is 3. The summed E-state index contributed by atoms with van der Waals surface area (Å²) in [6.07, 6.45) is -2.01. The molecule has 0 aromatic heterocycles. The van der Waals surface area contributed by atoms with Gasteiger partial charge in [-0.3, -0.25) is 0 Å². The zero-order valence-corrected chi connectivity index (χ0v) is 8.30. The van der Waals surface area contributed by atoms with Gasteiger partial charge in [0.05, 0.1) is 7.11 Å². The second-order valence-corrected chi connectivity index (χ2v) is 3.25. The molecule has 0 bridgehead atoms. The molecule has 1 rings (SSSR count). The molecule has 1 unspecified atom stereocenters. The highest BCUT2D eigenvalue weighted by Crippen LogP contribution is 2.35. The lowest BCUT2D eigenvalue weighted by atomic mass is 10.0. The Hall–Kier alpha value is -1.23. The Morgan fingerprint density at radius 3 is 2.47 bits per heavy atom. The Kier molecular flexibility index (Phi) is 3.24. The Balaban J connectivity index is 3.14. The molecule has 0 fully saturated rings. The molecule has 1 N–H and O–H groups in total. The van der Waals surface area contributed by atoms with E-state index in [1.54, 1.807) is 0 Å². The summed E-state index contributed by atoms with van der Waals surface area (Å²) >= 11 is 0. The quantitative estimate of drug-likeness (QED) is 0.848. The van der Waals surface area contributed by atoms with Crippen LogP contribution in [0.4, 0.5) is 13.2 Å². The molecule has 5 heteroatoms. The summed E-state index contributed by atoms with van der Waals surface area (Å²) in [5.74, 6) is -4.00. The highest BCUT2D eigenvalue weighted by atomic mass is 19.3. The number of benzene rings is 1. The van der Waals surface area contributed by atoms with Gasteiger partial charge < -0.3 is 9.84 Å². The molecule has 2 nitrogen and oxygen atoms in total. The van der Waals surface area contributed by atoms with E-state index < -0.39 is 17.8 Å². The predicted octanol–water partition coefficient (Wildman–Crippen LogP) is 2.52. The summed E-state index contributed by atoms with van der Waals surface area (Å²) < 4.78 is 43.1. The van der Waals surface area contributed by atoms with Crippen molar-refractivity contribution in [3.05, 3.63) is 29.6 Å². The first-order chi connectivity index (χ1) is 6.86. The molecule has 15 heavy (non-hydrogen) atoms. The van der Waals surface area contributed by atoms with Crippen molar-refractivity contribution in [2.45, 2.75) is 19.0 Å². The third-order valence-electron chi connectivity index (χ3n) is 1.97. The maximum absolute atomic E-state index is 12.8. The molecule has 0 radical (unpaired) electrons.